The number of Topliss-reactive ketones (excluding diaryl/α,β-unsaturated/α-hetero) is 1. The Kier molecular flexibility index (Phi) is 4.77. The maximum atomic E-state index is 13.9. The Morgan fingerprint density at radius 1 is 1.00 bits per heavy atom. The first kappa shape index (κ1) is 20.3. The second-order valence-electron chi connectivity index (χ2n) is 9.37. The van der Waals surface area contributed by atoms with Crippen LogP contribution in [0.4, 0.5) is 11.4 Å². The van der Waals surface area contributed by atoms with Crippen molar-refractivity contribution in [2.24, 2.45) is 5.41 Å². The Morgan fingerprint density at radius 2 is 1.72 bits per heavy atom. The van der Waals surface area contributed by atoms with Gasteiger partial charge in [-0.2, -0.15) is 0 Å². The van der Waals surface area contributed by atoms with Crippen LogP contribution >= 0.6 is 0 Å². The van der Waals surface area contributed by atoms with Crippen LogP contribution in [-0.4, -0.2) is 11.7 Å². The topological polar surface area (TPSA) is 62.6 Å². The number of allylic oxidation sites excluding steroid dienone is 1. The van der Waals surface area contributed by atoms with Crippen LogP contribution in [0, 0.1) is 12.3 Å². The van der Waals surface area contributed by atoms with E-state index in [1.807, 2.05) is 61.5 Å². The highest BCUT2D eigenvalue weighted by atomic mass is 16.3. The molecule has 5 nitrogen and oxygen atoms in total. The van der Waals surface area contributed by atoms with Crippen molar-refractivity contribution in [3.8, 4) is 0 Å². The van der Waals surface area contributed by atoms with Gasteiger partial charge in [0.25, 0.3) is 5.91 Å². The van der Waals surface area contributed by atoms with Gasteiger partial charge in [-0.3, -0.25) is 14.5 Å². The molecule has 0 spiro atoms. The predicted octanol–water partition coefficient (Wildman–Crippen LogP) is 6.04. The summed E-state index contributed by atoms with van der Waals surface area (Å²) in [6, 6.07) is 20.0. The molecule has 1 aliphatic heterocycles. The molecule has 0 saturated heterocycles. The third-order valence-electron chi connectivity index (χ3n) is 6.17. The van der Waals surface area contributed by atoms with Gasteiger partial charge in [-0.1, -0.05) is 44.2 Å². The third kappa shape index (κ3) is 3.44. The summed E-state index contributed by atoms with van der Waals surface area (Å²) in [5.74, 6) is 1.20. The number of amides is 1. The number of anilines is 2. The fourth-order valence-corrected chi connectivity index (χ4v) is 4.80. The second-order valence-corrected chi connectivity index (χ2v) is 9.37. The smallest absolute Gasteiger partial charge is 0.259 e. The Labute approximate surface area is 187 Å². The summed E-state index contributed by atoms with van der Waals surface area (Å²) < 4.78 is 6.05. The maximum absolute atomic E-state index is 13.9. The summed E-state index contributed by atoms with van der Waals surface area (Å²) in [5, 5.41) is 3.51. The first-order valence-corrected chi connectivity index (χ1v) is 10.9. The Hall–Kier alpha value is -3.60. The van der Waals surface area contributed by atoms with Gasteiger partial charge in [0.1, 0.15) is 17.6 Å². The van der Waals surface area contributed by atoms with Crippen LogP contribution in [0.2, 0.25) is 0 Å². The largest absolute Gasteiger partial charge is 0.464 e. The first-order chi connectivity index (χ1) is 15.3. The van der Waals surface area contributed by atoms with Crippen LogP contribution in [0.25, 0.3) is 0 Å². The molecule has 2 aliphatic rings. The molecule has 0 bridgehead atoms. The minimum Gasteiger partial charge on any atom is -0.464 e. The van der Waals surface area contributed by atoms with Gasteiger partial charge < -0.3 is 9.73 Å². The van der Waals surface area contributed by atoms with E-state index in [1.165, 1.54) is 0 Å². The van der Waals surface area contributed by atoms with E-state index >= 15 is 0 Å². The zero-order chi connectivity index (χ0) is 22.5. The van der Waals surface area contributed by atoms with Crippen LogP contribution in [0.5, 0.6) is 0 Å². The molecule has 1 amide bonds. The summed E-state index contributed by atoms with van der Waals surface area (Å²) >= 11 is 0. The molecule has 1 aromatic heterocycles. The molecule has 1 N–H and O–H groups in total. The summed E-state index contributed by atoms with van der Waals surface area (Å²) in [5.41, 5.74) is 3.39. The summed E-state index contributed by atoms with van der Waals surface area (Å²) in [6.45, 7) is 6.08. The van der Waals surface area contributed by atoms with Gasteiger partial charge in [0.2, 0.25) is 0 Å². The average molecular weight is 427 g/mol. The van der Waals surface area contributed by atoms with E-state index in [4.69, 9.17) is 4.42 Å². The van der Waals surface area contributed by atoms with Crippen LogP contribution < -0.4 is 10.2 Å². The third-order valence-corrected chi connectivity index (χ3v) is 6.17. The van der Waals surface area contributed by atoms with Gasteiger partial charge >= 0.3 is 0 Å². The molecule has 0 unspecified atom stereocenters. The van der Waals surface area contributed by atoms with E-state index in [0.717, 1.165) is 22.8 Å². The highest BCUT2D eigenvalue weighted by Gasteiger charge is 2.44. The van der Waals surface area contributed by atoms with Crippen molar-refractivity contribution >= 4 is 23.1 Å². The lowest BCUT2D eigenvalue weighted by atomic mass is 9.74. The number of para-hydroxylation sites is 2. The standard InChI is InChI=1S/C27H26N2O3/c1-17-13-14-23(32-17)25-24-20(15-27(2,3)16-22(24)30)28-19-11-7-8-12-21(19)29(25)26(31)18-9-5-4-6-10-18/h4-14,25,28H,15-16H2,1-3H3/t25-/m0/s1. The molecular weight excluding hydrogens is 400 g/mol. The lowest BCUT2D eigenvalue weighted by Gasteiger charge is -2.36. The monoisotopic (exact) mass is 426 g/mol. The van der Waals surface area contributed by atoms with Crippen LogP contribution in [0.1, 0.15) is 54.6 Å². The van der Waals surface area contributed by atoms with E-state index in [-0.39, 0.29) is 17.1 Å². The number of ketones is 1. The SMILES string of the molecule is Cc1ccc([C@H]2C3=C(CC(C)(C)CC3=O)Nc3ccccc3N2C(=O)c2ccccc2)o1. The number of aryl methyl sites for hydroxylation is 1. The number of fused-ring (bicyclic) bond motifs is 1. The quantitative estimate of drug-likeness (QED) is 0.542. The molecule has 0 radical (unpaired) electrons. The Morgan fingerprint density at radius 3 is 2.44 bits per heavy atom. The number of furan rings is 1. The molecule has 3 aromatic rings. The number of nitrogens with one attached hydrogen (secondary N) is 1. The lowest BCUT2D eigenvalue weighted by Crippen LogP contribution is -2.39. The second kappa shape index (κ2) is 7.52. The predicted molar refractivity (Wildman–Crippen MR) is 125 cm³/mol. The molecule has 0 fully saturated rings. The van der Waals surface area contributed by atoms with E-state index < -0.39 is 6.04 Å². The van der Waals surface area contributed by atoms with Gasteiger partial charge in [-0.15, -0.1) is 0 Å². The average Bonchev–Trinajstić information content (AvgIpc) is 3.12. The van der Waals surface area contributed by atoms with Crippen molar-refractivity contribution in [2.75, 3.05) is 10.2 Å². The number of nitrogens with zero attached hydrogens (tertiary/aromatic N) is 1. The number of hydrogen-bond acceptors (Lipinski definition) is 4. The molecule has 1 aliphatic carbocycles. The van der Waals surface area contributed by atoms with E-state index in [2.05, 4.69) is 19.2 Å². The fraction of sp³-hybridized carbons (Fsp3) is 0.259. The first-order valence-electron chi connectivity index (χ1n) is 10.9. The normalized spacial score (nSPS) is 19.7. The number of hydrogen-bond donors (Lipinski definition) is 1. The van der Waals surface area contributed by atoms with Gasteiger partial charge in [-0.05, 0) is 55.2 Å². The molecule has 5 rings (SSSR count). The number of benzene rings is 2. The summed E-state index contributed by atoms with van der Waals surface area (Å²) in [7, 11) is 0. The highest BCUT2D eigenvalue weighted by Crippen LogP contribution is 2.48. The molecule has 1 atom stereocenters. The molecule has 0 saturated carbocycles. The molecule has 5 heteroatoms. The van der Waals surface area contributed by atoms with E-state index in [0.29, 0.717) is 29.7 Å². The van der Waals surface area contributed by atoms with Crippen molar-refractivity contribution in [1.82, 2.24) is 0 Å². The van der Waals surface area contributed by atoms with Crippen LogP contribution in [-0.2, 0) is 4.79 Å². The number of rotatable bonds is 2. The van der Waals surface area contributed by atoms with Gasteiger partial charge in [0.05, 0.1) is 11.4 Å². The summed E-state index contributed by atoms with van der Waals surface area (Å²) in [4.78, 5) is 29.2. The zero-order valence-corrected chi connectivity index (χ0v) is 18.5. The van der Waals surface area contributed by atoms with Gasteiger partial charge in [-0.25, -0.2) is 0 Å². The van der Waals surface area contributed by atoms with Gasteiger partial charge in [0, 0.05) is 23.3 Å². The van der Waals surface area contributed by atoms with Crippen molar-refractivity contribution < 1.29 is 14.0 Å². The van der Waals surface area contributed by atoms with Crippen molar-refractivity contribution in [3.05, 3.63) is 95.1 Å². The Balaban J connectivity index is 1.79. The molecular formula is C27H26N2O3. The highest BCUT2D eigenvalue weighted by molar-refractivity contribution is 6.11. The molecule has 2 aromatic carbocycles. The minimum atomic E-state index is -0.647. The number of carbonyl (C=O) groups excluding carboxylic acids is 2. The van der Waals surface area contributed by atoms with E-state index in [9.17, 15) is 9.59 Å². The van der Waals surface area contributed by atoms with E-state index in [1.54, 1.807) is 17.0 Å². The van der Waals surface area contributed by atoms with Crippen molar-refractivity contribution in [2.45, 2.75) is 39.7 Å². The van der Waals surface area contributed by atoms with Crippen LogP contribution in [0.15, 0.2) is 82.4 Å². The summed E-state index contributed by atoms with van der Waals surface area (Å²) in [6.07, 6.45) is 1.14. The zero-order valence-electron chi connectivity index (χ0n) is 18.5. The Bertz CT molecular complexity index is 1240. The lowest BCUT2D eigenvalue weighted by molar-refractivity contribution is -0.118. The minimum absolute atomic E-state index is 0.0430. The van der Waals surface area contributed by atoms with Crippen LogP contribution in [0.3, 0.4) is 0 Å². The van der Waals surface area contributed by atoms with Gasteiger partial charge in [0.15, 0.2) is 5.78 Å². The molecule has 2 heterocycles. The fourth-order valence-electron chi connectivity index (χ4n) is 4.80. The molecule has 162 valence electrons. The molecule has 32 heavy (non-hydrogen) atoms. The maximum Gasteiger partial charge on any atom is 0.259 e. The number of carbonyl (C=O) groups is 2. The van der Waals surface area contributed by atoms with Crippen molar-refractivity contribution in [1.29, 1.82) is 0 Å². The van der Waals surface area contributed by atoms with Crippen molar-refractivity contribution in [3.63, 3.8) is 0 Å².